The van der Waals surface area contributed by atoms with Crippen LogP contribution in [0.1, 0.15) is 60.3 Å². The van der Waals surface area contributed by atoms with Gasteiger partial charge in [-0.15, -0.1) is 0 Å². The number of hydrogen-bond donors (Lipinski definition) is 1. The van der Waals surface area contributed by atoms with Gasteiger partial charge in [0.05, 0.1) is 0 Å². The van der Waals surface area contributed by atoms with E-state index in [2.05, 4.69) is 44.8 Å². The lowest BCUT2D eigenvalue weighted by molar-refractivity contribution is 0.0863. The summed E-state index contributed by atoms with van der Waals surface area (Å²) in [6.07, 6.45) is 5.20. The zero-order valence-electron chi connectivity index (χ0n) is 12.6. The smallest absolute Gasteiger partial charge is 0.0304 e. The molecule has 102 valence electrons. The van der Waals surface area contributed by atoms with Crippen molar-refractivity contribution in [1.29, 1.82) is 0 Å². The van der Waals surface area contributed by atoms with Crippen molar-refractivity contribution < 1.29 is 0 Å². The molecule has 0 aromatic rings. The molecule has 1 aliphatic heterocycles. The number of rotatable bonds is 6. The number of piperazine rings is 1. The average Bonchev–Trinajstić information content (AvgIpc) is 2.35. The maximum Gasteiger partial charge on any atom is 0.0304 e. The van der Waals surface area contributed by atoms with Crippen LogP contribution in [0.2, 0.25) is 0 Å². The quantitative estimate of drug-likeness (QED) is 0.766. The molecular formula is C15H32N2. The van der Waals surface area contributed by atoms with Crippen LogP contribution in [0, 0.1) is 5.92 Å². The van der Waals surface area contributed by atoms with Crippen molar-refractivity contribution in [2.24, 2.45) is 5.92 Å². The standard InChI is InChI=1S/C15H32N2/c1-6-15(7-2)12-17(11-10-16-15)14(5)9-8-13(3)4/h13-14,16H,6-12H2,1-5H3. The Labute approximate surface area is 108 Å². The zero-order chi connectivity index (χ0) is 12.9. The molecule has 0 radical (unpaired) electrons. The van der Waals surface area contributed by atoms with Gasteiger partial charge in [0, 0.05) is 31.2 Å². The van der Waals surface area contributed by atoms with E-state index in [9.17, 15) is 0 Å². The fraction of sp³-hybridized carbons (Fsp3) is 1.00. The summed E-state index contributed by atoms with van der Waals surface area (Å²) in [6.45, 7) is 15.3. The third-order valence-electron chi connectivity index (χ3n) is 4.54. The molecule has 0 saturated carbocycles. The monoisotopic (exact) mass is 240 g/mol. The van der Waals surface area contributed by atoms with Gasteiger partial charge in [0.25, 0.3) is 0 Å². The van der Waals surface area contributed by atoms with Gasteiger partial charge in [-0.2, -0.15) is 0 Å². The molecule has 0 aromatic heterocycles. The Kier molecular flexibility index (Phi) is 5.94. The summed E-state index contributed by atoms with van der Waals surface area (Å²) in [5.41, 5.74) is 0.379. The Balaban J connectivity index is 2.48. The summed E-state index contributed by atoms with van der Waals surface area (Å²) >= 11 is 0. The second kappa shape index (κ2) is 6.75. The minimum absolute atomic E-state index is 0.379. The molecule has 1 N–H and O–H groups in total. The normalized spacial score (nSPS) is 22.9. The van der Waals surface area contributed by atoms with E-state index in [4.69, 9.17) is 0 Å². The molecule has 0 bridgehead atoms. The van der Waals surface area contributed by atoms with Crippen molar-refractivity contribution in [2.75, 3.05) is 19.6 Å². The highest BCUT2D eigenvalue weighted by atomic mass is 15.2. The molecule has 0 spiro atoms. The van der Waals surface area contributed by atoms with Crippen LogP contribution in [0.4, 0.5) is 0 Å². The highest BCUT2D eigenvalue weighted by Gasteiger charge is 2.33. The molecule has 1 heterocycles. The van der Waals surface area contributed by atoms with E-state index in [-0.39, 0.29) is 0 Å². The van der Waals surface area contributed by atoms with E-state index < -0.39 is 0 Å². The summed E-state index contributed by atoms with van der Waals surface area (Å²) in [6, 6.07) is 0.747. The largest absolute Gasteiger partial charge is 0.309 e. The Morgan fingerprint density at radius 2 is 1.76 bits per heavy atom. The Hall–Kier alpha value is -0.0800. The fourth-order valence-corrected chi connectivity index (χ4v) is 2.85. The van der Waals surface area contributed by atoms with Crippen molar-refractivity contribution in [2.45, 2.75) is 71.9 Å². The molecule has 1 atom stereocenters. The highest BCUT2D eigenvalue weighted by Crippen LogP contribution is 2.23. The van der Waals surface area contributed by atoms with Gasteiger partial charge >= 0.3 is 0 Å². The van der Waals surface area contributed by atoms with E-state index in [1.807, 2.05) is 0 Å². The SMILES string of the molecule is CCC1(CC)CN(C(C)CCC(C)C)CCN1. The first-order chi connectivity index (χ1) is 8.03. The van der Waals surface area contributed by atoms with Gasteiger partial charge in [0.2, 0.25) is 0 Å². The van der Waals surface area contributed by atoms with Gasteiger partial charge in [0.1, 0.15) is 0 Å². The lowest BCUT2D eigenvalue weighted by atomic mass is 9.89. The van der Waals surface area contributed by atoms with Crippen molar-refractivity contribution in [3.63, 3.8) is 0 Å². The van der Waals surface area contributed by atoms with Crippen LogP contribution >= 0.6 is 0 Å². The minimum Gasteiger partial charge on any atom is -0.309 e. The molecule has 1 aliphatic rings. The van der Waals surface area contributed by atoms with Crippen LogP contribution < -0.4 is 5.32 Å². The van der Waals surface area contributed by atoms with Crippen LogP contribution in [0.15, 0.2) is 0 Å². The van der Waals surface area contributed by atoms with Crippen molar-refractivity contribution >= 4 is 0 Å². The molecule has 2 nitrogen and oxygen atoms in total. The van der Waals surface area contributed by atoms with Gasteiger partial charge in [0.15, 0.2) is 0 Å². The maximum absolute atomic E-state index is 3.74. The highest BCUT2D eigenvalue weighted by molar-refractivity contribution is 4.93. The second-order valence-electron chi connectivity index (χ2n) is 6.20. The summed E-state index contributed by atoms with van der Waals surface area (Å²) in [5, 5.41) is 3.74. The fourth-order valence-electron chi connectivity index (χ4n) is 2.85. The molecule has 1 unspecified atom stereocenters. The second-order valence-corrected chi connectivity index (χ2v) is 6.20. The van der Waals surface area contributed by atoms with Gasteiger partial charge in [-0.05, 0) is 38.5 Å². The molecule has 1 saturated heterocycles. The van der Waals surface area contributed by atoms with Crippen LogP contribution in [0.25, 0.3) is 0 Å². The van der Waals surface area contributed by atoms with E-state index in [0.717, 1.165) is 18.5 Å². The predicted octanol–water partition coefficient (Wildman–Crippen LogP) is 3.28. The first kappa shape index (κ1) is 15.0. The molecule has 17 heavy (non-hydrogen) atoms. The van der Waals surface area contributed by atoms with E-state index >= 15 is 0 Å². The molecule has 0 aromatic carbocycles. The topological polar surface area (TPSA) is 15.3 Å². The summed E-state index contributed by atoms with van der Waals surface area (Å²) in [7, 11) is 0. The Bertz CT molecular complexity index is 209. The predicted molar refractivity (Wildman–Crippen MR) is 76.4 cm³/mol. The van der Waals surface area contributed by atoms with Gasteiger partial charge in [-0.25, -0.2) is 0 Å². The van der Waals surface area contributed by atoms with Gasteiger partial charge in [-0.1, -0.05) is 27.7 Å². The molecule has 2 heteroatoms. The van der Waals surface area contributed by atoms with Crippen LogP contribution in [-0.2, 0) is 0 Å². The van der Waals surface area contributed by atoms with Crippen molar-refractivity contribution in [1.82, 2.24) is 10.2 Å². The zero-order valence-corrected chi connectivity index (χ0v) is 12.6. The Morgan fingerprint density at radius 1 is 1.12 bits per heavy atom. The lowest BCUT2D eigenvalue weighted by Crippen LogP contribution is -2.61. The van der Waals surface area contributed by atoms with Crippen LogP contribution in [0.5, 0.6) is 0 Å². The number of nitrogens with zero attached hydrogens (tertiary/aromatic N) is 1. The maximum atomic E-state index is 3.74. The first-order valence-corrected chi connectivity index (χ1v) is 7.52. The van der Waals surface area contributed by atoms with E-state index in [1.165, 1.54) is 38.8 Å². The first-order valence-electron chi connectivity index (χ1n) is 7.52. The molecule has 1 rings (SSSR count). The lowest BCUT2D eigenvalue weighted by Gasteiger charge is -2.45. The van der Waals surface area contributed by atoms with E-state index in [0.29, 0.717) is 5.54 Å². The molecule has 0 amide bonds. The number of nitrogens with one attached hydrogen (secondary N) is 1. The van der Waals surface area contributed by atoms with Crippen molar-refractivity contribution in [3.05, 3.63) is 0 Å². The Morgan fingerprint density at radius 3 is 2.29 bits per heavy atom. The summed E-state index contributed by atoms with van der Waals surface area (Å²) in [4.78, 5) is 2.70. The summed E-state index contributed by atoms with van der Waals surface area (Å²) < 4.78 is 0. The third kappa shape index (κ3) is 4.26. The van der Waals surface area contributed by atoms with E-state index in [1.54, 1.807) is 0 Å². The summed E-state index contributed by atoms with van der Waals surface area (Å²) in [5.74, 6) is 0.836. The van der Waals surface area contributed by atoms with Crippen LogP contribution in [-0.4, -0.2) is 36.1 Å². The number of hydrogen-bond acceptors (Lipinski definition) is 2. The molecule has 1 fully saturated rings. The van der Waals surface area contributed by atoms with Crippen LogP contribution in [0.3, 0.4) is 0 Å². The van der Waals surface area contributed by atoms with Gasteiger partial charge < -0.3 is 5.32 Å². The van der Waals surface area contributed by atoms with Crippen molar-refractivity contribution in [3.8, 4) is 0 Å². The third-order valence-corrected chi connectivity index (χ3v) is 4.54. The van der Waals surface area contributed by atoms with Gasteiger partial charge in [-0.3, -0.25) is 4.90 Å². The molecular weight excluding hydrogens is 208 g/mol. The molecule has 0 aliphatic carbocycles. The average molecular weight is 240 g/mol. The minimum atomic E-state index is 0.379.